The number of benzene rings is 6. The molecule has 4 nitrogen and oxygen atoms in total. The lowest BCUT2D eigenvalue weighted by Crippen LogP contribution is -2.10. The first-order valence-electron chi connectivity index (χ1n) is 16.7. The van der Waals surface area contributed by atoms with Crippen LogP contribution in [0.3, 0.4) is 0 Å². The van der Waals surface area contributed by atoms with Gasteiger partial charge in [-0.25, -0.2) is 0 Å². The molecule has 0 saturated carbocycles. The van der Waals surface area contributed by atoms with Gasteiger partial charge in [-0.15, -0.1) is 11.3 Å². The first kappa shape index (κ1) is 28.0. The maximum atomic E-state index is 9.86. The third-order valence-electron chi connectivity index (χ3n) is 10.3. The van der Waals surface area contributed by atoms with E-state index in [4.69, 9.17) is 5.73 Å². The van der Waals surface area contributed by atoms with E-state index in [1.54, 1.807) is 0 Å². The Bertz CT molecular complexity index is 2890. The summed E-state index contributed by atoms with van der Waals surface area (Å²) < 4.78 is 7.41. The molecule has 6 aromatic carbocycles. The Kier molecular flexibility index (Phi) is 5.97. The zero-order chi connectivity index (χ0) is 32.8. The summed E-state index contributed by atoms with van der Waals surface area (Å²) in [5.41, 5.74) is 18.6. The molecule has 1 unspecified atom stereocenters. The molecule has 49 heavy (non-hydrogen) atoms. The fourth-order valence-corrected chi connectivity index (χ4v) is 9.53. The highest BCUT2D eigenvalue weighted by Crippen LogP contribution is 2.47. The number of rotatable bonds is 3. The molecule has 0 spiro atoms. The molecule has 1 aliphatic rings. The van der Waals surface area contributed by atoms with Crippen molar-refractivity contribution in [2.24, 2.45) is 0 Å². The number of anilines is 1. The van der Waals surface area contributed by atoms with E-state index in [0.29, 0.717) is 6.42 Å². The van der Waals surface area contributed by atoms with Gasteiger partial charge in [0.25, 0.3) is 0 Å². The van der Waals surface area contributed by atoms with Crippen LogP contribution in [0.25, 0.3) is 81.5 Å². The summed E-state index contributed by atoms with van der Waals surface area (Å²) in [5.74, 6) is 0.170. The summed E-state index contributed by atoms with van der Waals surface area (Å²) in [6.07, 6.45) is 2.80. The Morgan fingerprint density at radius 3 is 2.35 bits per heavy atom. The summed E-state index contributed by atoms with van der Waals surface area (Å²) in [6, 6.07) is 48.0. The van der Waals surface area contributed by atoms with Crippen LogP contribution in [0.4, 0.5) is 5.69 Å². The predicted molar refractivity (Wildman–Crippen MR) is 207 cm³/mol. The van der Waals surface area contributed by atoms with Crippen LogP contribution in [0.2, 0.25) is 0 Å². The molecule has 3 aromatic heterocycles. The Morgan fingerprint density at radius 1 is 0.714 bits per heavy atom. The minimum absolute atomic E-state index is 0.170. The van der Waals surface area contributed by atoms with Gasteiger partial charge in [0.05, 0.1) is 28.3 Å². The summed E-state index contributed by atoms with van der Waals surface area (Å²) >= 11 is 1.87. The topological polar surface area (TPSA) is 59.7 Å². The van der Waals surface area contributed by atoms with Gasteiger partial charge in [0.2, 0.25) is 0 Å². The molecule has 3 heterocycles. The summed E-state index contributed by atoms with van der Waals surface area (Å²) in [5, 5.41) is 16.1. The lowest BCUT2D eigenvalue weighted by atomic mass is 9.88. The van der Waals surface area contributed by atoms with Crippen LogP contribution in [-0.2, 0) is 0 Å². The van der Waals surface area contributed by atoms with Crippen LogP contribution in [0.15, 0.2) is 133 Å². The zero-order valence-electron chi connectivity index (χ0n) is 26.8. The number of nitrogens with zero attached hydrogens (tertiary/aromatic N) is 3. The van der Waals surface area contributed by atoms with E-state index in [2.05, 4.69) is 150 Å². The van der Waals surface area contributed by atoms with Crippen LogP contribution in [0.1, 0.15) is 30.5 Å². The van der Waals surface area contributed by atoms with E-state index < -0.39 is 0 Å². The van der Waals surface area contributed by atoms with Crippen LogP contribution >= 0.6 is 11.3 Å². The fourth-order valence-electron chi connectivity index (χ4n) is 8.27. The lowest BCUT2D eigenvalue weighted by molar-refractivity contribution is 0.711. The second-order valence-electron chi connectivity index (χ2n) is 13.1. The van der Waals surface area contributed by atoms with E-state index >= 15 is 0 Å². The highest BCUT2D eigenvalue weighted by molar-refractivity contribution is 7.26. The van der Waals surface area contributed by atoms with Crippen molar-refractivity contribution in [3.05, 3.63) is 144 Å². The number of fused-ring (bicyclic) bond motifs is 10. The second-order valence-corrected chi connectivity index (χ2v) is 14.2. The number of nitriles is 1. The third-order valence-corrected chi connectivity index (χ3v) is 11.5. The molecule has 2 N–H and O–H groups in total. The first-order chi connectivity index (χ1) is 24.1. The average Bonchev–Trinajstić information content (AvgIpc) is 3.79. The number of hydrogen-bond donors (Lipinski definition) is 1. The number of aromatic nitrogens is 2. The van der Waals surface area contributed by atoms with Gasteiger partial charge in [0.15, 0.2) is 0 Å². The lowest BCUT2D eigenvalue weighted by Gasteiger charge is -2.23. The summed E-state index contributed by atoms with van der Waals surface area (Å²) in [7, 11) is 0. The second kappa shape index (κ2) is 10.5. The van der Waals surface area contributed by atoms with E-state index in [1.165, 1.54) is 42.2 Å². The van der Waals surface area contributed by atoms with Crippen molar-refractivity contribution < 1.29 is 0 Å². The number of nitrogen functional groups attached to an aromatic ring is 1. The van der Waals surface area contributed by atoms with Gasteiger partial charge < -0.3 is 14.9 Å². The third kappa shape index (κ3) is 3.96. The standard InChI is InChI=1S/C44H30N4S/c1-26-22-27(25-45)23-34-30-12-5-7-15-36(30)48(43(26)34)37-16-9-14-35(46)41(37)28-18-19-33-39(24-28)47(29-10-3-2-4-11-29)38-21-20-32-31-13-6-8-17-40(31)49-44(32)42(33)38/h2-21,23-24,26H,22,46H2,1H3. The predicted octanol–water partition coefficient (Wildman–Crippen LogP) is 11.8. The molecule has 0 radical (unpaired) electrons. The van der Waals surface area contributed by atoms with Crippen LogP contribution < -0.4 is 5.73 Å². The van der Waals surface area contributed by atoms with Gasteiger partial charge >= 0.3 is 0 Å². The molecule has 0 fully saturated rings. The molecule has 0 aliphatic heterocycles. The van der Waals surface area contributed by atoms with E-state index in [0.717, 1.165) is 55.7 Å². The van der Waals surface area contributed by atoms with Gasteiger partial charge in [-0.3, -0.25) is 0 Å². The van der Waals surface area contributed by atoms with Crippen molar-refractivity contribution in [1.29, 1.82) is 5.26 Å². The first-order valence-corrected chi connectivity index (χ1v) is 17.5. The summed E-state index contributed by atoms with van der Waals surface area (Å²) in [6.45, 7) is 2.23. The molecule has 9 aromatic rings. The molecule has 0 saturated heterocycles. The molecular weight excluding hydrogens is 617 g/mol. The highest BCUT2D eigenvalue weighted by Gasteiger charge is 2.28. The van der Waals surface area contributed by atoms with Gasteiger partial charge in [-0.2, -0.15) is 5.26 Å². The maximum absolute atomic E-state index is 9.86. The Morgan fingerprint density at radius 2 is 1.49 bits per heavy atom. The van der Waals surface area contributed by atoms with Gasteiger partial charge in [-0.05, 0) is 66.6 Å². The van der Waals surface area contributed by atoms with Crippen molar-refractivity contribution in [2.45, 2.75) is 19.3 Å². The molecule has 1 atom stereocenters. The normalized spacial score (nSPS) is 14.5. The smallest absolute Gasteiger partial charge is 0.0947 e. The van der Waals surface area contributed by atoms with E-state index in [-0.39, 0.29) is 5.92 Å². The van der Waals surface area contributed by atoms with Gasteiger partial charge in [-0.1, -0.05) is 85.8 Å². The Hall–Kier alpha value is -6.09. The Labute approximate surface area is 287 Å². The minimum Gasteiger partial charge on any atom is -0.398 e. The minimum atomic E-state index is 0.170. The van der Waals surface area contributed by atoms with Crippen molar-refractivity contribution >= 4 is 76.0 Å². The SMILES string of the molecule is CC1CC(C#N)=Cc2c1n(-c1cccc(N)c1-c1ccc3c4c5sc6ccccc6c5ccc4n(-c4ccccc4)c3c1)c1ccccc21. The monoisotopic (exact) mass is 646 g/mol. The summed E-state index contributed by atoms with van der Waals surface area (Å²) in [4.78, 5) is 0. The average molecular weight is 647 g/mol. The molecule has 232 valence electrons. The molecule has 10 rings (SSSR count). The molecule has 5 heteroatoms. The number of hydrogen-bond acceptors (Lipinski definition) is 3. The van der Waals surface area contributed by atoms with Crippen molar-refractivity contribution in [2.75, 3.05) is 5.73 Å². The van der Waals surface area contributed by atoms with Gasteiger partial charge in [0.1, 0.15) is 0 Å². The maximum Gasteiger partial charge on any atom is 0.0947 e. The van der Waals surface area contributed by atoms with Crippen molar-refractivity contribution in [1.82, 2.24) is 9.13 Å². The Balaban J connectivity index is 1.29. The molecule has 1 aliphatic carbocycles. The molecular formula is C44H30N4S. The largest absolute Gasteiger partial charge is 0.398 e. The zero-order valence-corrected chi connectivity index (χ0v) is 27.6. The fraction of sp³-hybridized carbons (Fsp3) is 0.0682. The number of para-hydroxylation sites is 2. The van der Waals surface area contributed by atoms with Crippen molar-refractivity contribution in [3.8, 4) is 28.6 Å². The van der Waals surface area contributed by atoms with Crippen LogP contribution in [-0.4, -0.2) is 9.13 Å². The number of nitrogens with two attached hydrogens (primary N) is 1. The molecule has 0 amide bonds. The highest BCUT2D eigenvalue weighted by atomic mass is 32.1. The quantitative estimate of drug-likeness (QED) is 0.194. The van der Waals surface area contributed by atoms with E-state index in [9.17, 15) is 5.26 Å². The van der Waals surface area contributed by atoms with E-state index in [1.807, 2.05) is 17.4 Å². The van der Waals surface area contributed by atoms with Crippen LogP contribution in [0.5, 0.6) is 0 Å². The number of thiophene rings is 1. The van der Waals surface area contributed by atoms with Crippen molar-refractivity contribution in [3.63, 3.8) is 0 Å². The number of allylic oxidation sites excluding steroid dienone is 1. The molecule has 0 bridgehead atoms. The van der Waals surface area contributed by atoms with Crippen LogP contribution in [0, 0.1) is 11.3 Å². The van der Waals surface area contributed by atoms with Gasteiger partial charge in [0, 0.05) is 76.0 Å².